The third-order valence-corrected chi connectivity index (χ3v) is 17.4. The Bertz CT molecular complexity index is 1990. The van der Waals surface area contributed by atoms with Crippen LogP contribution < -0.4 is 0 Å². The standard InChI is InChI=1S/C73H132O17P2/c1-5-9-13-17-21-25-29-30-31-32-33-34-35-36-40-42-46-50-54-58-71(76)84-64-69(90-73(78)60-56-52-48-44-39-28-24-20-16-12-8-4)66-88-92(81,82)86-62-67(74)61-85-91(79,80)87-65-68(89-72(77)59-55-51-47-43-38-27-23-19-15-11-7-3)63-83-70(75)57-53-49-45-41-37-26-22-18-14-10-6-2/h9,13,18,21-22,25,30-31,33-34,67-69,74H,5-8,10-12,14-17,19-20,23-24,26-29,32,35-66H2,1-4H3,(H,79,80)(H,81,82)/b13-9-,22-18-,25-21-,31-30-,34-33-. The van der Waals surface area contributed by atoms with Crippen molar-refractivity contribution in [3.8, 4) is 0 Å². The second-order valence-corrected chi connectivity index (χ2v) is 27.4. The number of unbranched alkanes of at least 4 members (excludes halogenated alkanes) is 33. The first-order valence-electron chi connectivity index (χ1n) is 36.5. The Kier molecular flexibility index (Phi) is 64.0. The Morgan fingerprint density at radius 2 is 0.576 bits per heavy atom. The molecule has 5 unspecified atom stereocenters. The van der Waals surface area contributed by atoms with Crippen LogP contribution in [0.3, 0.4) is 0 Å². The maximum Gasteiger partial charge on any atom is 0.472 e. The molecule has 536 valence electrons. The summed E-state index contributed by atoms with van der Waals surface area (Å²) in [5, 5.41) is 10.6. The van der Waals surface area contributed by atoms with Crippen LogP contribution in [0.5, 0.6) is 0 Å². The number of hydrogen-bond donors (Lipinski definition) is 3. The minimum absolute atomic E-state index is 0.0969. The average Bonchev–Trinajstić information content (AvgIpc) is 2.26. The lowest BCUT2D eigenvalue weighted by Crippen LogP contribution is -2.30. The largest absolute Gasteiger partial charge is 0.472 e. The number of carbonyl (C=O) groups excluding carboxylic acids is 4. The van der Waals surface area contributed by atoms with Crippen molar-refractivity contribution in [2.45, 2.75) is 341 Å². The molecule has 0 heterocycles. The molecule has 0 aromatic heterocycles. The van der Waals surface area contributed by atoms with Gasteiger partial charge in [0.05, 0.1) is 26.4 Å². The van der Waals surface area contributed by atoms with Crippen molar-refractivity contribution in [1.82, 2.24) is 0 Å². The molecule has 3 N–H and O–H groups in total. The van der Waals surface area contributed by atoms with Gasteiger partial charge in [-0.3, -0.25) is 37.3 Å². The van der Waals surface area contributed by atoms with E-state index in [9.17, 15) is 43.2 Å². The summed E-state index contributed by atoms with van der Waals surface area (Å²) < 4.78 is 68.2. The van der Waals surface area contributed by atoms with Crippen molar-refractivity contribution in [3.05, 3.63) is 60.8 Å². The zero-order chi connectivity index (χ0) is 67.5. The molecule has 19 heteroatoms. The summed E-state index contributed by atoms with van der Waals surface area (Å²) in [6, 6.07) is 0. The van der Waals surface area contributed by atoms with E-state index in [1.807, 2.05) is 0 Å². The summed E-state index contributed by atoms with van der Waals surface area (Å²) in [6.07, 6.45) is 62.3. The second-order valence-electron chi connectivity index (χ2n) is 24.5. The SMILES string of the molecule is CC/C=C\C/C=C\C/C=C\C/C=C\CCCCCCCCC(=O)OCC(COP(=O)(O)OCC(O)COP(=O)(O)OCC(COC(=O)CCCCCCC/C=C\CCCC)OC(=O)CCCCCCCCCCCCC)OC(=O)CCCCCCCCCCCCC. The third kappa shape index (κ3) is 65.4. The summed E-state index contributed by atoms with van der Waals surface area (Å²) >= 11 is 0. The number of rotatable bonds is 69. The van der Waals surface area contributed by atoms with Crippen molar-refractivity contribution in [2.24, 2.45) is 0 Å². The Labute approximate surface area is 559 Å². The Morgan fingerprint density at radius 1 is 0.315 bits per heavy atom. The highest BCUT2D eigenvalue weighted by Crippen LogP contribution is 2.45. The van der Waals surface area contributed by atoms with Crippen molar-refractivity contribution < 1.29 is 80.2 Å². The predicted octanol–water partition coefficient (Wildman–Crippen LogP) is 20.3. The van der Waals surface area contributed by atoms with Crippen LogP contribution in [-0.2, 0) is 65.4 Å². The normalized spacial score (nSPS) is 14.4. The molecule has 17 nitrogen and oxygen atoms in total. The van der Waals surface area contributed by atoms with Crippen LogP contribution in [0, 0.1) is 0 Å². The molecule has 0 amide bonds. The number of esters is 4. The van der Waals surface area contributed by atoms with E-state index in [4.69, 9.17) is 37.0 Å². The first-order chi connectivity index (χ1) is 44.7. The predicted molar refractivity (Wildman–Crippen MR) is 372 cm³/mol. The van der Waals surface area contributed by atoms with Crippen LogP contribution in [0.2, 0.25) is 0 Å². The smallest absolute Gasteiger partial charge is 0.462 e. The van der Waals surface area contributed by atoms with Crippen molar-refractivity contribution in [3.63, 3.8) is 0 Å². The van der Waals surface area contributed by atoms with Crippen LogP contribution in [0.25, 0.3) is 0 Å². The van der Waals surface area contributed by atoms with Gasteiger partial charge in [-0.2, -0.15) is 0 Å². The van der Waals surface area contributed by atoms with Gasteiger partial charge in [-0.25, -0.2) is 9.13 Å². The number of aliphatic hydroxyl groups excluding tert-OH is 1. The zero-order valence-electron chi connectivity index (χ0n) is 58.2. The molecule has 0 fully saturated rings. The topological polar surface area (TPSA) is 237 Å². The fourth-order valence-electron chi connectivity index (χ4n) is 9.90. The number of phosphoric ester groups is 2. The van der Waals surface area contributed by atoms with E-state index in [1.54, 1.807) is 0 Å². The van der Waals surface area contributed by atoms with Crippen LogP contribution in [0.1, 0.15) is 323 Å². The van der Waals surface area contributed by atoms with Crippen LogP contribution >= 0.6 is 15.6 Å². The van der Waals surface area contributed by atoms with Crippen LogP contribution in [-0.4, -0.2) is 96.7 Å². The molecule has 0 saturated carbocycles. The highest BCUT2D eigenvalue weighted by atomic mass is 31.2. The van der Waals surface area contributed by atoms with E-state index >= 15 is 0 Å². The van der Waals surface area contributed by atoms with Gasteiger partial charge in [0, 0.05) is 25.7 Å². The van der Waals surface area contributed by atoms with Gasteiger partial charge >= 0.3 is 39.5 Å². The van der Waals surface area contributed by atoms with E-state index in [1.165, 1.54) is 89.9 Å². The van der Waals surface area contributed by atoms with Gasteiger partial charge in [-0.15, -0.1) is 0 Å². The van der Waals surface area contributed by atoms with Gasteiger partial charge in [0.15, 0.2) is 12.2 Å². The maximum absolute atomic E-state index is 13.0. The van der Waals surface area contributed by atoms with E-state index in [2.05, 4.69) is 88.5 Å². The monoisotopic (exact) mass is 1340 g/mol. The molecular weight excluding hydrogens is 1210 g/mol. The number of hydrogen-bond acceptors (Lipinski definition) is 15. The zero-order valence-corrected chi connectivity index (χ0v) is 60.0. The fraction of sp³-hybridized carbons (Fsp3) is 0.808. The minimum atomic E-state index is -4.96. The number of phosphoric acid groups is 2. The Morgan fingerprint density at radius 3 is 0.913 bits per heavy atom. The molecular formula is C73H132O17P2. The van der Waals surface area contributed by atoms with Gasteiger partial charge in [0.25, 0.3) is 0 Å². The summed E-state index contributed by atoms with van der Waals surface area (Å²) in [4.78, 5) is 72.5. The molecule has 5 atom stereocenters. The van der Waals surface area contributed by atoms with Crippen LogP contribution in [0.15, 0.2) is 60.8 Å². The quantitative estimate of drug-likeness (QED) is 0.0169. The minimum Gasteiger partial charge on any atom is -0.462 e. The average molecular weight is 1340 g/mol. The Hall–Kier alpha value is -3.24. The Balaban J connectivity index is 5.25. The molecule has 0 rings (SSSR count). The lowest BCUT2D eigenvalue weighted by molar-refractivity contribution is -0.161. The molecule has 0 aliphatic rings. The molecule has 0 saturated heterocycles. The lowest BCUT2D eigenvalue weighted by Gasteiger charge is -2.21. The van der Waals surface area contributed by atoms with E-state index < -0.39 is 97.5 Å². The van der Waals surface area contributed by atoms with E-state index in [0.29, 0.717) is 25.7 Å². The van der Waals surface area contributed by atoms with Crippen molar-refractivity contribution >= 4 is 39.5 Å². The second kappa shape index (κ2) is 66.4. The highest BCUT2D eigenvalue weighted by molar-refractivity contribution is 7.47. The molecule has 0 spiro atoms. The number of ether oxygens (including phenoxy) is 4. The molecule has 0 aromatic carbocycles. The molecule has 0 aliphatic heterocycles. The molecule has 0 aliphatic carbocycles. The van der Waals surface area contributed by atoms with Crippen molar-refractivity contribution in [1.29, 1.82) is 0 Å². The summed E-state index contributed by atoms with van der Waals surface area (Å²) in [7, 11) is -9.92. The summed E-state index contributed by atoms with van der Waals surface area (Å²) in [6.45, 7) is 4.71. The van der Waals surface area contributed by atoms with Gasteiger partial charge < -0.3 is 33.8 Å². The van der Waals surface area contributed by atoms with E-state index in [0.717, 1.165) is 154 Å². The molecule has 0 bridgehead atoms. The van der Waals surface area contributed by atoms with Crippen LogP contribution in [0.4, 0.5) is 0 Å². The number of carbonyl (C=O) groups is 4. The van der Waals surface area contributed by atoms with Crippen molar-refractivity contribution in [2.75, 3.05) is 39.6 Å². The maximum atomic E-state index is 13.0. The summed E-state index contributed by atoms with van der Waals surface area (Å²) in [5.74, 6) is -2.17. The van der Waals surface area contributed by atoms with Gasteiger partial charge in [-0.1, -0.05) is 275 Å². The van der Waals surface area contributed by atoms with Gasteiger partial charge in [-0.05, 0) is 83.5 Å². The first kappa shape index (κ1) is 88.8. The first-order valence-corrected chi connectivity index (χ1v) is 39.5. The summed E-state index contributed by atoms with van der Waals surface area (Å²) in [5.41, 5.74) is 0. The molecule has 92 heavy (non-hydrogen) atoms. The fourth-order valence-corrected chi connectivity index (χ4v) is 11.5. The van der Waals surface area contributed by atoms with Gasteiger partial charge in [0.1, 0.15) is 19.3 Å². The lowest BCUT2D eigenvalue weighted by atomic mass is 10.1. The van der Waals surface area contributed by atoms with Gasteiger partial charge in [0.2, 0.25) is 0 Å². The third-order valence-electron chi connectivity index (χ3n) is 15.5. The van der Waals surface area contributed by atoms with E-state index in [-0.39, 0.29) is 25.7 Å². The molecule has 0 aromatic rings. The number of aliphatic hydroxyl groups is 1. The number of allylic oxidation sites excluding steroid dienone is 10. The molecule has 0 radical (unpaired) electrons. The highest BCUT2D eigenvalue weighted by Gasteiger charge is 2.30.